The summed E-state index contributed by atoms with van der Waals surface area (Å²) in [7, 11) is 1.68. The second-order valence-corrected chi connectivity index (χ2v) is 2.56. The number of likely N-dealkylation sites (tertiary alicyclic amines) is 1. The van der Waals surface area contributed by atoms with Gasteiger partial charge < -0.3 is 10.0 Å². The van der Waals surface area contributed by atoms with E-state index in [1.807, 2.05) is 0 Å². The molecule has 1 fully saturated rings. The van der Waals surface area contributed by atoms with Crippen molar-refractivity contribution in [3.63, 3.8) is 0 Å². The van der Waals surface area contributed by atoms with Gasteiger partial charge in [-0.05, 0) is 6.42 Å². The number of nitrogens with zero attached hydrogens (tertiary/aromatic N) is 1. The van der Waals surface area contributed by atoms with Gasteiger partial charge in [0, 0.05) is 12.6 Å². The highest BCUT2D eigenvalue weighted by Crippen LogP contribution is 2.19. The second kappa shape index (κ2) is 2.42. The molecule has 0 spiro atoms. The molecule has 3 heteroatoms. The highest BCUT2D eigenvalue weighted by atomic mass is 16.3. The van der Waals surface area contributed by atoms with Crippen molar-refractivity contribution in [3.8, 4) is 0 Å². The van der Waals surface area contributed by atoms with E-state index in [1.54, 1.807) is 7.05 Å². The summed E-state index contributed by atoms with van der Waals surface area (Å²) in [6.45, 7) is 3.61. The van der Waals surface area contributed by atoms with Gasteiger partial charge in [0.05, 0.1) is 12.6 Å². The summed E-state index contributed by atoms with van der Waals surface area (Å²) in [4.78, 5) is 12.5. The Hall–Kier alpha value is -0.830. The molecule has 1 heterocycles. The number of carbonyl (C=O) groups is 1. The van der Waals surface area contributed by atoms with Crippen LogP contribution in [-0.4, -0.2) is 35.6 Å². The third kappa shape index (κ3) is 0.926. The number of aliphatic hydroxyl groups is 1. The van der Waals surface area contributed by atoms with Crippen LogP contribution >= 0.6 is 0 Å². The third-order valence-corrected chi connectivity index (χ3v) is 1.86. The van der Waals surface area contributed by atoms with Crippen LogP contribution in [0.15, 0.2) is 12.2 Å². The lowest BCUT2D eigenvalue weighted by atomic mass is 10.2. The van der Waals surface area contributed by atoms with Crippen molar-refractivity contribution in [2.75, 3.05) is 13.7 Å². The Morgan fingerprint density at radius 1 is 1.90 bits per heavy atom. The molecule has 1 rings (SSSR count). The Kier molecular flexibility index (Phi) is 1.76. The molecule has 1 atom stereocenters. The molecule has 0 aromatic rings. The van der Waals surface area contributed by atoms with Crippen LogP contribution in [0, 0.1) is 0 Å². The first-order valence-corrected chi connectivity index (χ1v) is 3.22. The zero-order valence-electron chi connectivity index (χ0n) is 6.00. The topological polar surface area (TPSA) is 40.5 Å². The lowest BCUT2D eigenvalue weighted by molar-refractivity contribution is -0.125. The van der Waals surface area contributed by atoms with E-state index in [1.165, 1.54) is 4.90 Å². The van der Waals surface area contributed by atoms with Crippen molar-refractivity contribution in [2.45, 2.75) is 12.5 Å². The van der Waals surface area contributed by atoms with Crippen LogP contribution in [-0.2, 0) is 4.79 Å². The van der Waals surface area contributed by atoms with Gasteiger partial charge in [-0.2, -0.15) is 0 Å². The van der Waals surface area contributed by atoms with Crippen LogP contribution in [0.4, 0.5) is 0 Å². The lowest BCUT2D eigenvalue weighted by Crippen LogP contribution is -2.31. The maximum absolute atomic E-state index is 11.0. The number of hydrogen-bond acceptors (Lipinski definition) is 2. The van der Waals surface area contributed by atoms with Crippen molar-refractivity contribution in [1.82, 2.24) is 4.90 Å². The maximum atomic E-state index is 11.0. The molecule has 3 nitrogen and oxygen atoms in total. The molecule has 1 saturated heterocycles. The fourth-order valence-electron chi connectivity index (χ4n) is 1.11. The Balaban J connectivity index is 2.71. The quantitative estimate of drug-likeness (QED) is 0.512. The van der Waals surface area contributed by atoms with Gasteiger partial charge in [-0.3, -0.25) is 4.79 Å². The van der Waals surface area contributed by atoms with Gasteiger partial charge in [-0.1, -0.05) is 6.58 Å². The Bertz CT molecular complexity index is 176. The van der Waals surface area contributed by atoms with Crippen molar-refractivity contribution in [2.24, 2.45) is 0 Å². The highest BCUT2D eigenvalue weighted by Gasteiger charge is 2.29. The van der Waals surface area contributed by atoms with Crippen LogP contribution in [0.25, 0.3) is 0 Å². The van der Waals surface area contributed by atoms with Gasteiger partial charge in [0.2, 0.25) is 5.91 Å². The summed E-state index contributed by atoms with van der Waals surface area (Å²) in [6, 6.07) is -0.0417. The molecule has 0 aliphatic carbocycles. The standard InChI is InChI=1S/C7H11NO2/c1-5-3-6(4-9)8(2)7(5)10/h6,9H,1,3-4H2,2H3/t6-/m1/s1. The molecule has 0 bridgehead atoms. The Morgan fingerprint density at radius 2 is 2.50 bits per heavy atom. The largest absolute Gasteiger partial charge is 0.394 e. The number of hydrogen-bond donors (Lipinski definition) is 1. The van der Waals surface area contributed by atoms with E-state index in [-0.39, 0.29) is 18.6 Å². The van der Waals surface area contributed by atoms with Crippen molar-refractivity contribution in [3.05, 3.63) is 12.2 Å². The zero-order chi connectivity index (χ0) is 7.72. The number of likely N-dealkylation sites (N-methyl/N-ethyl adjacent to an activating group) is 1. The summed E-state index contributed by atoms with van der Waals surface area (Å²) in [6.07, 6.45) is 0.603. The number of aliphatic hydroxyl groups excluding tert-OH is 1. The minimum atomic E-state index is -0.0425. The van der Waals surface area contributed by atoms with Gasteiger partial charge in [-0.25, -0.2) is 0 Å². The van der Waals surface area contributed by atoms with Gasteiger partial charge in [-0.15, -0.1) is 0 Å². The van der Waals surface area contributed by atoms with E-state index in [9.17, 15) is 4.79 Å². The zero-order valence-corrected chi connectivity index (χ0v) is 6.00. The fourth-order valence-corrected chi connectivity index (χ4v) is 1.11. The average molecular weight is 141 g/mol. The first kappa shape index (κ1) is 7.28. The average Bonchev–Trinajstić information content (AvgIpc) is 2.17. The van der Waals surface area contributed by atoms with E-state index in [0.29, 0.717) is 12.0 Å². The predicted octanol–water partition coefficient (Wildman–Crippen LogP) is -0.234. The minimum Gasteiger partial charge on any atom is -0.394 e. The molecule has 0 aromatic carbocycles. The van der Waals surface area contributed by atoms with E-state index in [2.05, 4.69) is 6.58 Å². The summed E-state index contributed by atoms with van der Waals surface area (Å²) in [5.41, 5.74) is 0.599. The summed E-state index contributed by atoms with van der Waals surface area (Å²) < 4.78 is 0. The molecule has 1 amide bonds. The molecule has 1 aliphatic heterocycles. The second-order valence-electron chi connectivity index (χ2n) is 2.56. The number of carbonyl (C=O) groups excluding carboxylic acids is 1. The van der Waals surface area contributed by atoms with Gasteiger partial charge in [0.1, 0.15) is 0 Å². The molecule has 0 radical (unpaired) electrons. The summed E-state index contributed by atoms with van der Waals surface area (Å²) >= 11 is 0. The maximum Gasteiger partial charge on any atom is 0.249 e. The smallest absolute Gasteiger partial charge is 0.249 e. The van der Waals surface area contributed by atoms with Crippen LogP contribution in [0.1, 0.15) is 6.42 Å². The predicted molar refractivity (Wildman–Crippen MR) is 37.4 cm³/mol. The molecule has 0 unspecified atom stereocenters. The lowest BCUT2D eigenvalue weighted by Gasteiger charge is -2.15. The monoisotopic (exact) mass is 141 g/mol. The summed E-state index contributed by atoms with van der Waals surface area (Å²) in [5, 5.41) is 8.74. The molecule has 10 heavy (non-hydrogen) atoms. The van der Waals surface area contributed by atoms with Gasteiger partial charge in [0.15, 0.2) is 0 Å². The number of rotatable bonds is 1. The van der Waals surface area contributed by atoms with Crippen LogP contribution in [0.5, 0.6) is 0 Å². The summed E-state index contributed by atoms with van der Waals surface area (Å²) in [5.74, 6) is -0.0425. The first-order valence-electron chi connectivity index (χ1n) is 3.22. The highest BCUT2D eigenvalue weighted by molar-refractivity contribution is 5.95. The molecule has 1 aliphatic rings. The van der Waals surface area contributed by atoms with Crippen molar-refractivity contribution >= 4 is 5.91 Å². The third-order valence-electron chi connectivity index (χ3n) is 1.86. The normalized spacial score (nSPS) is 26.2. The van der Waals surface area contributed by atoms with Crippen LogP contribution < -0.4 is 0 Å². The molecule has 0 saturated carbocycles. The van der Waals surface area contributed by atoms with Crippen molar-refractivity contribution < 1.29 is 9.90 Å². The van der Waals surface area contributed by atoms with E-state index < -0.39 is 0 Å². The van der Waals surface area contributed by atoms with Crippen LogP contribution in [0.2, 0.25) is 0 Å². The minimum absolute atomic E-state index is 0.0290. The van der Waals surface area contributed by atoms with E-state index >= 15 is 0 Å². The fraction of sp³-hybridized carbons (Fsp3) is 0.571. The number of amides is 1. The molecule has 0 aromatic heterocycles. The molecule has 1 N–H and O–H groups in total. The van der Waals surface area contributed by atoms with Crippen LogP contribution in [0.3, 0.4) is 0 Å². The van der Waals surface area contributed by atoms with E-state index in [0.717, 1.165) is 0 Å². The molecular weight excluding hydrogens is 130 g/mol. The first-order chi connectivity index (χ1) is 4.66. The molecule has 56 valence electrons. The Morgan fingerprint density at radius 3 is 2.70 bits per heavy atom. The van der Waals surface area contributed by atoms with Crippen molar-refractivity contribution in [1.29, 1.82) is 0 Å². The van der Waals surface area contributed by atoms with Gasteiger partial charge >= 0.3 is 0 Å². The van der Waals surface area contributed by atoms with Gasteiger partial charge in [0.25, 0.3) is 0 Å². The Labute approximate surface area is 59.9 Å². The molecular formula is C7H11NO2. The SMILES string of the molecule is C=C1C[C@H](CO)N(C)C1=O. The van der Waals surface area contributed by atoms with E-state index in [4.69, 9.17) is 5.11 Å².